The molecule has 0 radical (unpaired) electrons. The minimum Gasteiger partial charge on any atom is -0.497 e. The number of ether oxygens (including phenoxy) is 3. The topological polar surface area (TPSA) is 85.2 Å². The number of hydrogen-bond acceptors (Lipinski definition) is 5. The van der Waals surface area contributed by atoms with E-state index in [1.165, 1.54) is 13.2 Å². The van der Waals surface area contributed by atoms with E-state index in [0.717, 1.165) is 43.2 Å². The normalized spacial score (nSPS) is 20.8. The van der Waals surface area contributed by atoms with E-state index < -0.39 is 23.0 Å². The highest BCUT2D eigenvalue weighted by molar-refractivity contribution is 5.71. The van der Waals surface area contributed by atoms with Crippen LogP contribution >= 0.6 is 0 Å². The van der Waals surface area contributed by atoms with Gasteiger partial charge < -0.3 is 24.4 Å². The van der Waals surface area contributed by atoms with Crippen LogP contribution in [0, 0.1) is 17.2 Å². The predicted molar refractivity (Wildman–Crippen MR) is 154 cm³/mol. The Morgan fingerprint density at radius 3 is 2.59 bits per heavy atom. The highest BCUT2D eigenvalue weighted by Gasteiger charge is 2.49. The van der Waals surface area contributed by atoms with Gasteiger partial charge in [-0.2, -0.15) is 0 Å². The Kier molecular flexibility index (Phi) is 8.39. The number of methoxy groups -OCH3 is 1. The lowest BCUT2D eigenvalue weighted by Crippen LogP contribution is -2.48. The van der Waals surface area contributed by atoms with Crippen molar-refractivity contribution < 1.29 is 33.6 Å². The molecule has 1 saturated heterocycles. The summed E-state index contributed by atoms with van der Waals surface area (Å²) in [5, 5.41) is 21.5. The van der Waals surface area contributed by atoms with Crippen molar-refractivity contribution in [3.05, 3.63) is 83.2 Å². The smallest absolute Gasteiger partial charge is 0.303 e. The summed E-state index contributed by atoms with van der Waals surface area (Å²) < 4.78 is 32.7. The van der Waals surface area contributed by atoms with Gasteiger partial charge in [0.05, 0.1) is 20.1 Å². The van der Waals surface area contributed by atoms with Gasteiger partial charge in [-0.3, -0.25) is 4.79 Å². The van der Waals surface area contributed by atoms with Gasteiger partial charge in [0.1, 0.15) is 23.9 Å². The van der Waals surface area contributed by atoms with Crippen molar-refractivity contribution in [2.45, 2.75) is 70.7 Å². The Hall–Kier alpha value is -3.42. The first-order chi connectivity index (χ1) is 19.6. The lowest BCUT2D eigenvalue weighted by molar-refractivity contribution is -0.297. The molecule has 2 aliphatic rings. The van der Waals surface area contributed by atoms with Crippen LogP contribution in [-0.2, 0) is 21.9 Å². The Balaban J connectivity index is 1.46. The van der Waals surface area contributed by atoms with Crippen LogP contribution < -0.4 is 9.47 Å². The van der Waals surface area contributed by atoms with Crippen molar-refractivity contribution in [3.8, 4) is 22.6 Å². The lowest BCUT2D eigenvalue weighted by atomic mass is 9.72. The van der Waals surface area contributed by atoms with Gasteiger partial charge in [0.2, 0.25) is 0 Å². The zero-order chi connectivity index (χ0) is 29.2. The molecule has 0 spiro atoms. The van der Waals surface area contributed by atoms with Crippen molar-refractivity contribution in [3.63, 3.8) is 0 Å². The third-order valence-electron chi connectivity index (χ3n) is 8.56. The maximum atomic E-state index is 15.2. The molecule has 0 aromatic heterocycles. The largest absolute Gasteiger partial charge is 0.497 e. The Morgan fingerprint density at radius 2 is 1.88 bits per heavy atom. The first-order valence-electron chi connectivity index (χ1n) is 14.4. The minimum atomic E-state index is -1.64. The van der Waals surface area contributed by atoms with E-state index in [0.29, 0.717) is 40.7 Å². The second-order valence-corrected chi connectivity index (χ2v) is 12.0. The van der Waals surface area contributed by atoms with Crippen molar-refractivity contribution in [2.24, 2.45) is 11.3 Å². The highest BCUT2D eigenvalue weighted by atomic mass is 19.1. The quantitative estimate of drug-likeness (QED) is 0.253. The molecule has 1 aliphatic carbocycles. The van der Waals surface area contributed by atoms with E-state index >= 15 is 4.39 Å². The van der Waals surface area contributed by atoms with Crippen molar-refractivity contribution >= 4 is 5.97 Å². The molecule has 0 bridgehead atoms. The van der Waals surface area contributed by atoms with E-state index in [1.807, 2.05) is 50.2 Å². The number of rotatable bonds is 11. The monoisotopic (exact) mass is 562 g/mol. The molecule has 1 saturated carbocycles. The number of carboxylic acid groups (broad SMARTS) is 1. The fourth-order valence-electron chi connectivity index (χ4n) is 5.90. The van der Waals surface area contributed by atoms with Gasteiger partial charge in [-0.05, 0) is 84.2 Å². The van der Waals surface area contributed by atoms with Crippen molar-refractivity contribution in [1.82, 2.24) is 0 Å². The molecular weight excluding hydrogens is 523 g/mol. The summed E-state index contributed by atoms with van der Waals surface area (Å²) >= 11 is 0. The van der Waals surface area contributed by atoms with Gasteiger partial charge in [-0.15, -0.1) is 0 Å². The van der Waals surface area contributed by atoms with Crippen LogP contribution in [-0.4, -0.2) is 29.9 Å². The Morgan fingerprint density at radius 1 is 1.07 bits per heavy atom. The second-order valence-electron chi connectivity index (χ2n) is 12.0. The number of carboxylic acids is 1. The van der Waals surface area contributed by atoms with Crippen LogP contribution in [0.25, 0.3) is 11.1 Å². The van der Waals surface area contributed by atoms with E-state index in [2.05, 4.69) is 0 Å². The van der Waals surface area contributed by atoms with Gasteiger partial charge >= 0.3 is 5.97 Å². The van der Waals surface area contributed by atoms with Crippen LogP contribution in [0.15, 0.2) is 60.7 Å². The fourth-order valence-corrected chi connectivity index (χ4v) is 5.90. The first kappa shape index (κ1) is 29.1. The van der Waals surface area contributed by atoms with E-state index in [9.17, 15) is 15.0 Å². The van der Waals surface area contributed by atoms with Gasteiger partial charge in [0, 0.05) is 16.5 Å². The summed E-state index contributed by atoms with van der Waals surface area (Å²) in [6.07, 6.45) is 4.86. The van der Waals surface area contributed by atoms with Crippen LogP contribution in [0.2, 0.25) is 0 Å². The van der Waals surface area contributed by atoms with E-state index in [-0.39, 0.29) is 18.9 Å². The molecule has 2 N–H and O–H groups in total. The molecular formula is C34H39FO6. The van der Waals surface area contributed by atoms with Gasteiger partial charge in [-0.25, -0.2) is 4.39 Å². The molecule has 2 fully saturated rings. The average Bonchev–Trinajstić information content (AvgIpc) is 3.77. The fraction of sp³-hybridized carbons (Fsp3) is 0.441. The summed E-state index contributed by atoms with van der Waals surface area (Å²) in [5.41, 5.74) is 2.46. The minimum absolute atomic E-state index is 0.0490. The molecule has 1 heterocycles. The maximum absolute atomic E-state index is 15.2. The van der Waals surface area contributed by atoms with Crippen molar-refractivity contribution in [2.75, 3.05) is 13.7 Å². The Bertz CT molecular complexity index is 1400. The molecule has 1 unspecified atom stereocenters. The van der Waals surface area contributed by atoms with Gasteiger partial charge in [0.25, 0.3) is 0 Å². The first-order valence-corrected chi connectivity index (χ1v) is 14.4. The average molecular weight is 563 g/mol. The highest BCUT2D eigenvalue weighted by Crippen LogP contribution is 2.50. The molecule has 3 aromatic rings. The number of carbonyl (C=O) groups is 1. The third kappa shape index (κ3) is 6.41. The molecule has 1 aliphatic heterocycles. The number of aliphatic carboxylic acids is 1. The van der Waals surface area contributed by atoms with Crippen LogP contribution in [0.1, 0.15) is 75.0 Å². The van der Waals surface area contributed by atoms with Crippen LogP contribution in [0.5, 0.6) is 11.5 Å². The van der Waals surface area contributed by atoms with Crippen LogP contribution in [0.4, 0.5) is 4.39 Å². The van der Waals surface area contributed by atoms with E-state index in [4.69, 9.17) is 14.2 Å². The lowest BCUT2D eigenvalue weighted by Gasteiger charge is -2.47. The number of benzene rings is 3. The van der Waals surface area contributed by atoms with Crippen LogP contribution in [0.3, 0.4) is 0 Å². The SMILES string of the molecule is COc1ccc(F)c(-c2ccc(COc3cccc([C@@H](CC(=O)O)CC4CC4)c3)cc2C2(O)OCCCC2(C)C)c1. The third-order valence-corrected chi connectivity index (χ3v) is 8.56. The molecule has 218 valence electrons. The molecule has 6 nitrogen and oxygen atoms in total. The van der Waals surface area contributed by atoms with E-state index in [1.54, 1.807) is 18.2 Å². The molecule has 2 atom stereocenters. The Labute approximate surface area is 241 Å². The van der Waals surface area contributed by atoms with Gasteiger partial charge in [0.15, 0.2) is 5.79 Å². The molecule has 3 aromatic carbocycles. The van der Waals surface area contributed by atoms with Crippen molar-refractivity contribution in [1.29, 1.82) is 0 Å². The number of aliphatic hydroxyl groups is 1. The summed E-state index contributed by atoms with van der Waals surface area (Å²) in [7, 11) is 1.53. The van der Waals surface area contributed by atoms with Gasteiger partial charge in [-0.1, -0.05) is 51.0 Å². The number of halogens is 1. The summed E-state index contributed by atoms with van der Waals surface area (Å²) in [6.45, 7) is 4.52. The summed E-state index contributed by atoms with van der Waals surface area (Å²) in [4.78, 5) is 11.5. The zero-order valence-electron chi connectivity index (χ0n) is 24.0. The molecule has 5 rings (SSSR count). The predicted octanol–water partition coefficient (Wildman–Crippen LogP) is 7.42. The standard InChI is InChI=1S/C34H39FO6/c1-33(2)14-5-15-41-34(33,38)30-17-23(10-12-28(30)29-20-26(39-3)11-13-31(29)35)21-40-27-7-4-6-24(18-27)25(19-32(36)37)16-22-8-9-22/h4,6-7,10-13,17-18,20,22,25,38H,5,8-9,14-16,19,21H2,1-3H3,(H,36,37)/t25-,34?/m1/s1. The zero-order valence-corrected chi connectivity index (χ0v) is 24.0. The summed E-state index contributed by atoms with van der Waals surface area (Å²) in [6, 6.07) is 17.7. The maximum Gasteiger partial charge on any atom is 0.303 e. The molecule has 41 heavy (non-hydrogen) atoms. The molecule has 7 heteroatoms. The molecule has 0 amide bonds. The second kappa shape index (κ2) is 11.8. The summed E-state index contributed by atoms with van der Waals surface area (Å²) in [5.74, 6) is -1.15. The number of hydrogen-bond donors (Lipinski definition) is 2.